The van der Waals surface area contributed by atoms with Gasteiger partial charge >= 0.3 is 0 Å². The smallest absolute Gasteiger partial charge is 0.253 e. The number of likely N-dealkylation sites (tertiary alicyclic amines) is 1. The van der Waals surface area contributed by atoms with E-state index in [0.717, 1.165) is 40.7 Å². The molecular weight excluding hydrogens is 396 g/mol. The minimum absolute atomic E-state index is 0.0682. The van der Waals surface area contributed by atoms with Crippen LogP contribution in [0.15, 0.2) is 70.5 Å². The van der Waals surface area contributed by atoms with Crippen molar-refractivity contribution < 1.29 is 9.21 Å². The molecule has 0 N–H and O–H groups in total. The van der Waals surface area contributed by atoms with E-state index in [1.807, 2.05) is 70.5 Å². The zero-order chi connectivity index (χ0) is 20.5. The maximum Gasteiger partial charge on any atom is 0.253 e. The summed E-state index contributed by atoms with van der Waals surface area (Å²) in [7, 11) is 0. The van der Waals surface area contributed by atoms with Crippen LogP contribution in [-0.2, 0) is 0 Å². The summed E-state index contributed by atoms with van der Waals surface area (Å²) in [5.74, 6) is 1.11. The number of oxazole rings is 1. The first-order chi connectivity index (χ1) is 14.7. The van der Waals surface area contributed by atoms with Crippen LogP contribution in [-0.4, -0.2) is 44.7 Å². The van der Waals surface area contributed by atoms with Crippen molar-refractivity contribution in [2.75, 3.05) is 19.3 Å². The molecule has 1 fully saturated rings. The fourth-order valence-electron chi connectivity index (χ4n) is 4.00. The molecule has 0 spiro atoms. The average Bonchev–Trinajstić information content (AvgIpc) is 3.45. The van der Waals surface area contributed by atoms with Gasteiger partial charge in [-0.05, 0) is 49.4 Å². The topological polar surface area (TPSA) is 64.2 Å². The zero-order valence-electron chi connectivity index (χ0n) is 16.7. The van der Waals surface area contributed by atoms with Crippen molar-refractivity contribution >= 4 is 28.8 Å². The minimum atomic E-state index is 0.0682. The summed E-state index contributed by atoms with van der Waals surface area (Å²) in [5, 5.41) is 0.902. The molecule has 30 heavy (non-hydrogen) atoms. The lowest BCUT2D eigenvalue weighted by atomic mass is 9.96. The maximum atomic E-state index is 13.1. The molecule has 0 aliphatic carbocycles. The highest BCUT2D eigenvalue weighted by Crippen LogP contribution is 2.30. The molecule has 1 amide bonds. The van der Waals surface area contributed by atoms with E-state index in [1.165, 1.54) is 0 Å². The van der Waals surface area contributed by atoms with Crippen molar-refractivity contribution in [1.82, 2.24) is 19.4 Å². The summed E-state index contributed by atoms with van der Waals surface area (Å²) < 4.78 is 7.94. The molecule has 1 aliphatic heterocycles. The van der Waals surface area contributed by atoms with Gasteiger partial charge in [0.1, 0.15) is 5.52 Å². The van der Waals surface area contributed by atoms with E-state index in [0.29, 0.717) is 18.7 Å². The normalized spacial score (nSPS) is 15.0. The predicted molar refractivity (Wildman–Crippen MR) is 117 cm³/mol. The van der Waals surface area contributed by atoms with Crippen LogP contribution in [0.1, 0.15) is 35.0 Å². The number of benzene rings is 2. The molecule has 5 rings (SSSR count). The van der Waals surface area contributed by atoms with Crippen molar-refractivity contribution in [2.45, 2.75) is 23.9 Å². The van der Waals surface area contributed by atoms with Crippen LogP contribution in [0, 0.1) is 0 Å². The highest BCUT2D eigenvalue weighted by Gasteiger charge is 2.27. The average molecular weight is 419 g/mol. The minimum Gasteiger partial charge on any atom is -0.440 e. The third-order valence-corrected chi connectivity index (χ3v) is 6.27. The Kier molecular flexibility index (Phi) is 5.04. The van der Waals surface area contributed by atoms with Gasteiger partial charge in [-0.1, -0.05) is 30.0 Å². The van der Waals surface area contributed by atoms with Crippen molar-refractivity contribution in [3.63, 3.8) is 0 Å². The summed E-state index contributed by atoms with van der Waals surface area (Å²) >= 11 is 1.58. The highest BCUT2D eigenvalue weighted by atomic mass is 32.2. The van der Waals surface area contributed by atoms with Gasteiger partial charge in [0.15, 0.2) is 16.6 Å². The quantitative estimate of drug-likeness (QED) is 0.447. The lowest BCUT2D eigenvalue weighted by molar-refractivity contribution is 0.0706. The second-order valence-electron chi connectivity index (χ2n) is 7.42. The Bertz CT molecular complexity index is 1160. The van der Waals surface area contributed by atoms with E-state index in [9.17, 15) is 4.79 Å². The van der Waals surface area contributed by atoms with Crippen LogP contribution in [0.5, 0.6) is 0 Å². The Morgan fingerprint density at radius 2 is 1.97 bits per heavy atom. The molecule has 0 bridgehead atoms. The van der Waals surface area contributed by atoms with Gasteiger partial charge in [-0.3, -0.25) is 9.36 Å². The van der Waals surface area contributed by atoms with Crippen LogP contribution < -0.4 is 0 Å². The van der Waals surface area contributed by atoms with Crippen LogP contribution in [0.3, 0.4) is 0 Å². The van der Waals surface area contributed by atoms with Gasteiger partial charge in [0.05, 0.1) is 0 Å². The summed E-state index contributed by atoms with van der Waals surface area (Å²) in [6.45, 7) is 1.40. The molecule has 2 aromatic heterocycles. The Morgan fingerprint density at radius 1 is 1.13 bits per heavy atom. The van der Waals surface area contributed by atoms with E-state index in [4.69, 9.17) is 4.42 Å². The lowest BCUT2D eigenvalue weighted by Gasteiger charge is -2.30. The van der Waals surface area contributed by atoms with E-state index in [-0.39, 0.29) is 11.8 Å². The molecule has 0 radical (unpaired) electrons. The fraction of sp³-hybridized carbons (Fsp3) is 0.261. The first-order valence-corrected chi connectivity index (χ1v) is 11.3. The van der Waals surface area contributed by atoms with Gasteiger partial charge in [-0.2, -0.15) is 0 Å². The SMILES string of the molecule is CSc1nccn1-c1cccc(C(=O)N2CCC(c3nc4ccccc4o3)CC2)c1. The largest absolute Gasteiger partial charge is 0.440 e. The fourth-order valence-corrected chi connectivity index (χ4v) is 4.53. The summed E-state index contributed by atoms with van der Waals surface area (Å²) in [5.41, 5.74) is 3.37. The number of rotatable bonds is 4. The summed E-state index contributed by atoms with van der Waals surface area (Å²) in [6, 6.07) is 15.6. The molecule has 0 atom stereocenters. The van der Waals surface area contributed by atoms with Gasteiger partial charge in [0, 0.05) is 42.7 Å². The number of nitrogens with zero attached hydrogens (tertiary/aromatic N) is 4. The van der Waals surface area contributed by atoms with E-state index >= 15 is 0 Å². The molecule has 1 saturated heterocycles. The Morgan fingerprint density at radius 3 is 2.77 bits per heavy atom. The molecule has 6 nitrogen and oxygen atoms in total. The van der Waals surface area contributed by atoms with Crippen LogP contribution in [0.2, 0.25) is 0 Å². The first-order valence-electron chi connectivity index (χ1n) is 10.1. The Hall–Kier alpha value is -3.06. The molecule has 152 valence electrons. The highest BCUT2D eigenvalue weighted by molar-refractivity contribution is 7.98. The first kappa shape index (κ1) is 18.9. The number of piperidine rings is 1. The van der Waals surface area contributed by atoms with Gasteiger partial charge in [-0.25, -0.2) is 9.97 Å². The second kappa shape index (κ2) is 7.99. The standard InChI is InChI=1S/C23H22N4O2S/c1-30-23-24-11-14-27(23)18-6-4-5-17(15-18)22(28)26-12-9-16(10-13-26)21-25-19-7-2-3-8-20(19)29-21/h2-8,11,14-16H,9-10,12-13H2,1H3. The summed E-state index contributed by atoms with van der Waals surface area (Å²) in [6.07, 6.45) is 7.40. The second-order valence-corrected chi connectivity index (χ2v) is 8.19. The number of hydrogen-bond acceptors (Lipinski definition) is 5. The monoisotopic (exact) mass is 418 g/mol. The molecule has 3 heterocycles. The Balaban J connectivity index is 1.29. The van der Waals surface area contributed by atoms with Crippen LogP contribution >= 0.6 is 11.8 Å². The number of fused-ring (bicyclic) bond motifs is 1. The van der Waals surface area contributed by atoms with Crippen molar-refractivity contribution in [1.29, 1.82) is 0 Å². The molecular formula is C23H22N4O2S. The Labute approximate surface area is 178 Å². The van der Waals surface area contributed by atoms with Gasteiger partial charge < -0.3 is 9.32 Å². The number of carbonyl (C=O) groups excluding carboxylic acids is 1. The van der Waals surface area contributed by atoms with Crippen molar-refractivity contribution in [2.24, 2.45) is 0 Å². The van der Waals surface area contributed by atoms with Gasteiger partial charge in [0.25, 0.3) is 5.91 Å². The van der Waals surface area contributed by atoms with Gasteiger partial charge in [0.2, 0.25) is 0 Å². The lowest BCUT2D eigenvalue weighted by Crippen LogP contribution is -2.38. The zero-order valence-corrected chi connectivity index (χ0v) is 17.5. The molecule has 0 saturated carbocycles. The third-order valence-electron chi connectivity index (χ3n) is 5.60. The molecule has 1 aliphatic rings. The number of thioether (sulfide) groups is 1. The number of hydrogen-bond donors (Lipinski definition) is 0. The molecule has 7 heteroatoms. The van der Waals surface area contributed by atoms with E-state index in [2.05, 4.69) is 9.97 Å². The van der Waals surface area contributed by atoms with E-state index < -0.39 is 0 Å². The van der Waals surface area contributed by atoms with Crippen LogP contribution in [0.25, 0.3) is 16.8 Å². The van der Waals surface area contributed by atoms with Crippen molar-refractivity contribution in [3.8, 4) is 5.69 Å². The van der Waals surface area contributed by atoms with Gasteiger partial charge in [-0.15, -0.1) is 0 Å². The molecule has 2 aromatic carbocycles. The summed E-state index contributed by atoms with van der Waals surface area (Å²) in [4.78, 5) is 24.0. The number of amides is 1. The van der Waals surface area contributed by atoms with Crippen molar-refractivity contribution in [3.05, 3.63) is 72.4 Å². The molecule has 4 aromatic rings. The van der Waals surface area contributed by atoms with E-state index in [1.54, 1.807) is 18.0 Å². The maximum absolute atomic E-state index is 13.1. The number of aromatic nitrogens is 3. The molecule has 0 unspecified atom stereocenters. The van der Waals surface area contributed by atoms with Crippen LogP contribution in [0.4, 0.5) is 0 Å². The number of carbonyl (C=O) groups is 1. The predicted octanol–water partition coefficient (Wildman–Crippen LogP) is 4.76. The number of imidazole rings is 1. The number of para-hydroxylation sites is 2. The third kappa shape index (κ3) is 3.50.